The monoisotopic (exact) mass is 348 g/mol. The highest BCUT2D eigenvalue weighted by Crippen LogP contribution is 2.28. The number of para-hydroxylation sites is 1. The van der Waals surface area contributed by atoms with E-state index in [1.54, 1.807) is 37.5 Å². The molecule has 0 fully saturated rings. The van der Waals surface area contributed by atoms with Gasteiger partial charge in [0.25, 0.3) is 0 Å². The lowest BCUT2D eigenvalue weighted by molar-refractivity contribution is 0.102. The van der Waals surface area contributed by atoms with Crippen LogP contribution in [0.3, 0.4) is 0 Å². The lowest BCUT2D eigenvalue weighted by atomic mass is 10.1. The summed E-state index contributed by atoms with van der Waals surface area (Å²) < 4.78 is 10.8. The summed E-state index contributed by atoms with van der Waals surface area (Å²) in [7, 11) is 1.57. The largest absolute Gasteiger partial charge is 0.493 e. The van der Waals surface area contributed by atoms with Crippen molar-refractivity contribution in [2.75, 3.05) is 7.11 Å². The summed E-state index contributed by atoms with van der Waals surface area (Å²) in [5, 5.41) is 1.50. The van der Waals surface area contributed by atoms with E-state index in [4.69, 9.17) is 20.8 Å². The number of rotatable bonds is 4. The summed E-state index contributed by atoms with van der Waals surface area (Å²) in [6, 6.07) is 14.5. The van der Waals surface area contributed by atoms with Crippen LogP contribution < -0.4 is 4.74 Å². The van der Waals surface area contributed by atoms with Gasteiger partial charge in [-0.2, -0.15) is 0 Å². The summed E-state index contributed by atoms with van der Waals surface area (Å²) in [6.45, 7) is 0. The second-order valence-electron chi connectivity index (χ2n) is 4.74. The fourth-order valence-corrected chi connectivity index (χ4v) is 2.27. The number of ether oxygens (including phenoxy) is 1. The van der Waals surface area contributed by atoms with Crippen LogP contribution in [-0.2, 0) is 0 Å². The Morgan fingerprint density at radius 2 is 1.91 bits per heavy atom. The van der Waals surface area contributed by atoms with Crippen molar-refractivity contribution in [1.82, 2.24) is 0 Å². The van der Waals surface area contributed by atoms with Gasteiger partial charge in [-0.3, -0.25) is 4.79 Å². The van der Waals surface area contributed by atoms with Gasteiger partial charge in [-0.1, -0.05) is 41.9 Å². The van der Waals surface area contributed by atoms with Gasteiger partial charge in [0.15, 0.2) is 17.1 Å². The highest BCUT2D eigenvalue weighted by Gasteiger charge is 2.12. The lowest BCUT2D eigenvalue weighted by Gasteiger charge is -1.98. The first kappa shape index (κ1) is 17.1. The standard InChI is InChI=1S/C18H13ClO3.ClH/c1-21-16-4-2-3-13-11-17(22-18(13)16)15(20)10-7-12-5-8-14(19)9-6-12;/h2-11H,1H3;1H/b10-7+;. The zero-order valence-corrected chi connectivity index (χ0v) is 13.9. The Morgan fingerprint density at radius 3 is 2.61 bits per heavy atom. The van der Waals surface area contributed by atoms with E-state index in [2.05, 4.69) is 0 Å². The number of fused-ring (bicyclic) bond motifs is 1. The lowest BCUT2D eigenvalue weighted by Crippen LogP contribution is -1.90. The Balaban J connectivity index is 0.00000192. The van der Waals surface area contributed by atoms with Gasteiger partial charge < -0.3 is 9.15 Å². The van der Waals surface area contributed by atoms with Crippen molar-refractivity contribution >= 4 is 46.8 Å². The van der Waals surface area contributed by atoms with Crippen LogP contribution in [0, 0.1) is 0 Å². The van der Waals surface area contributed by atoms with Gasteiger partial charge >= 0.3 is 0 Å². The van der Waals surface area contributed by atoms with Gasteiger partial charge in [-0.25, -0.2) is 0 Å². The van der Waals surface area contributed by atoms with Crippen LogP contribution >= 0.6 is 24.0 Å². The zero-order valence-electron chi connectivity index (χ0n) is 12.3. The highest BCUT2D eigenvalue weighted by molar-refractivity contribution is 6.30. The SMILES string of the molecule is COc1cccc2cc(C(=O)/C=C/c3ccc(Cl)cc3)oc12.Cl. The molecule has 0 radical (unpaired) electrons. The molecule has 118 valence electrons. The predicted molar refractivity (Wildman–Crippen MR) is 94.8 cm³/mol. The number of benzene rings is 2. The van der Waals surface area contributed by atoms with E-state index in [9.17, 15) is 4.79 Å². The van der Waals surface area contributed by atoms with Crippen LogP contribution in [0.4, 0.5) is 0 Å². The average molecular weight is 349 g/mol. The third-order valence-corrected chi connectivity index (χ3v) is 3.52. The summed E-state index contributed by atoms with van der Waals surface area (Å²) >= 11 is 5.83. The second-order valence-corrected chi connectivity index (χ2v) is 5.17. The molecule has 0 N–H and O–H groups in total. The van der Waals surface area contributed by atoms with Gasteiger partial charge in [-0.05, 0) is 35.9 Å². The number of halogens is 2. The Morgan fingerprint density at radius 1 is 1.17 bits per heavy atom. The highest BCUT2D eigenvalue weighted by atomic mass is 35.5. The number of hydrogen-bond acceptors (Lipinski definition) is 3. The molecule has 0 spiro atoms. The maximum Gasteiger partial charge on any atom is 0.221 e. The van der Waals surface area contributed by atoms with Crippen molar-refractivity contribution in [3.05, 3.63) is 71.0 Å². The van der Waals surface area contributed by atoms with E-state index in [1.165, 1.54) is 6.08 Å². The topological polar surface area (TPSA) is 39.4 Å². The zero-order chi connectivity index (χ0) is 15.5. The molecule has 3 aromatic rings. The van der Waals surface area contributed by atoms with E-state index < -0.39 is 0 Å². The normalized spacial score (nSPS) is 10.7. The second kappa shape index (κ2) is 7.36. The van der Waals surface area contributed by atoms with E-state index >= 15 is 0 Å². The maximum absolute atomic E-state index is 12.2. The van der Waals surface area contributed by atoms with Crippen molar-refractivity contribution in [2.45, 2.75) is 0 Å². The Kier molecular flexibility index (Phi) is 5.48. The molecular weight excluding hydrogens is 335 g/mol. The fraction of sp³-hybridized carbons (Fsp3) is 0.0556. The first-order chi connectivity index (χ1) is 10.7. The molecule has 2 aromatic carbocycles. The van der Waals surface area contributed by atoms with E-state index in [0.717, 1.165) is 10.9 Å². The molecule has 0 atom stereocenters. The van der Waals surface area contributed by atoms with Crippen molar-refractivity contribution in [2.24, 2.45) is 0 Å². The number of allylic oxidation sites excluding steroid dienone is 1. The molecule has 1 aromatic heterocycles. The quantitative estimate of drug-likeness (QED) is 0.467. The van der Waals surface area contributed by atoms with Crippen molar-refractivity contribution < 1.29 is 13.9 Å². The molecule has 3 nitrogen and oxygen atoms in total. The molecule has 0 amide bonds. The number of carbonyl (C=O) groups is 1. The summed E-state index contributed by atoms with van der Waals surface area (Å²) in [4.78, 5) is 12.2. The van der Waals surface area contributed by atoms with Crippen LogP contribution in [0.15, 0.2) is 59.0 Å². The van der Waals surface area contributed by atoms with Crippen LogP contribution in [0.5, 0.6) is 5.75 Å². The predicted octanol–water partition coefficient (Wildman–Crippen LogP) is 5.41. The minimum atomic E-state index is -0.201. The molecule has 3 rings (SSSR count). The molecule has 1 heterocycles. The van der Waals surface area contributed by atoms with Crippen LogP contribution in [0.25, 0.3) is 17.0 Å². The minimum Gasteiger partial charge on any atom is -0.493 e. The van der Waals surface area contributed by atoms with Gasteiger partial charge in [-0.15, -0.1) is 12.4 Å². The number of furan rings is 1. The maximum atomic E-state index is 12.2. The summed E-state index contributed by atoms with van der Waals surface area (Å²) in [5.74, 6) is 0.691. The first-order valence-corrected chi connectivity index (χ1v) is 7.10. The summed E-state index contributed by atoms with van der Waals surface area (Å²) in [5.41, 5.74) is 1.47. The third-order valence-electron chi connectivity index (χ3n) is 3.27. The molecule has 0 bridgehead atoms. The number of carbonyl (C=O) groups excluding carboxylic acids is 1. The smallest absolute Gasteiger partial charge is 0.221 e. The third kappa shape index (κ3) is 3.76. The molecule has 0 aliphatic heterocycles. The molecule has 5 heteroatoms. The molecule has 0 aliphatic carbocycles. The molecule has 0 saturated carbocycles. The summed E-state index contributed by atoms with van der Waals surface area (Å²) in [6.07, 6.45) is 3.20. The number of ketones is 1. The van der Waals surface area contributed by atoms with Gasteiger partial charge in [0.1, 0.15) is 0 Å². The van der Waals surface area contributed by atoms with Crippen LogP contribution in [0.1, 0.15) is 16.1 Å². The molecular formula is C18H14Cl2O3. The first-order valence-electron chi connectivity index (χ1n) is 6.72. The van der Waals surface area contributed by atoms with Crippen LogP contribution in [0.2, 0.25) is 5.02 Å². The van der Waals surface area contributed by atoms with E-state index in [-0.39, 0.29) is 24.0 Å². The van der Waals surface area contributed by atoms with Crippen LogP contribution in [-0.4, -0.2) is 12.9 Å². The molecule has 0 aliphatic rings. The Labute approximate surface area is 144 Å². The molecule has 0 unspecified atom stereocenters. The van der Waals surface area contributed by atoms with Crippen molar-refractivity contribution in [3.8, 4) is 5.75 Å². The fourth-order valence-electron chi connectivity index (χ4n) is 2.15. The number of methoxy groups -OCH3 is 1. The Bertz CT molecular complexity index is 848. The van der Waals surface area contributed by atoms with E-state index in [0.29, 0.717) is 16.4 Å². The molecule has 23 heavy (non-hydrogen) atoms. The minimum absolute atomic E-state index is 0. The number of hydrogen-bond donors (Lipinski definition) is 0. The van der Waals surface area contributed by atoms with Gasteiger partial charge in [0.05, 0.1) is 7.11 Å². The Hall–Kier alpha value is -2.23. The van der Waals surface area contributed by atoms with E-state index in [1.807, 2.05) is 24.3 Å². The van der Waals surface area contributed by atoms with Crippen molar-refractivity contribution in [1.29, 1.82) is 0 Å². The van der Waals surface area contributed by atoms with Gasteiger partial charge in [0.2, 0.25) is 5.78 Å². The average Bonchev–Trinajstić information content (AvgIpc) is 2.98. The van der Waals surface area contributed by atoms with Crippen molar-refractivity contribution in [3.63, 3.8) is 0 Å². The van der Waals surface area contributed by atoms with Gasteiger partial charge in [0, 0.05) is 10.4 Å². The molecule has 0 saturated heterocycles.